The summed E-state index contributed by atoms with van der Waals surface area (Å²) < 4.78 is 0. The normalized spacial score (nSPS) is 21.4. The Morgan fingerprint density at radius 3 is 1.90 bits per heavy atom. The molecule has 1 rings (SSSR count). The minimum absolute atomic E-state index is 0.889. The minimum atomic E-state index is 0.889. The lowest BCUT2D eigenvalue weighted by Crippen LogP contribution is -2.01. The lowest BCUT2D eigenvalue weighted by molar-refractivity contribution is 0.206. The largest absolute Gasteiger partial charge is 0.145 e. The van der Waals surface area contributed by atoms with Crippen LogP contribution in [0.2, 0.25) is 0 Å². The first-order valence-corrected chi connectivity index (χ1v) is 4.11. The standard InChI is InChI=1S/C8H14NO/c10-9-8-6-4-2-1-3-5-7-8/h1-7H2. The van der Waals surface area contributed by atoms with E-state index in [0.29, 0.717) is 0 Å². The molecule has 2 heteroatoms. The minimum Gasteiger partial charge on any atom is -0.145 e. The zero-order chi connectivity index (χ0) is 7.23. The molecule has 0 N–H and O–H groups in total. The quantitative estimate of drug-likeness (QED) is 0.463. The third-order valence-corrected chi connectivity index (χ3v) is 2.06. The van der Waals surface area contributed by atoms with Gasteiger partial charge < -0.3 is 0 Å². The maximum atomic E-state index is 10.1. The van der Waals surface area contributed by atoms with E-state index in [0.717, 1.165) is 18.6 Å². The van der Waals surface area contributed by atoms with Gasteiger partial charge in [0.15, 0.2) is 0 Å². The lowest BCUT2D eigenvalue weighted by atomic mass is 9.99. The van der Waals surface area contributed by atoms with Crippen molar-refractivity contribution in [2.45, 2.75) is 44.9 Å². The number of nitrogens with zero attached hydrogens (tertiary/aromatic N) is 1. The van der Waals surface area contributed by atoms with Crippen LogP contribution >= 0.6 is 0 Å². The summed E-state index contributed by atoms with van der Waals surface area (Å²) in [6.45, 7) is 0. The van der Waals surface area contributed by atoms with Crippen LogP contribution in [0.5, 0.6) is 0 Å². The van der Waals surface area contributed by atoms with Crippen molar-refractivity contribution in [1.82, 2.24) is 0 Å². The molecule has 2 nitrogen and oxygen atoms in total. The van der Waals surface area contributed by atoms with Crippen molar-refractivity contribution < 1.29 is 5.21 Å². The summed E-state index contributed by atoms with van der Waals surface area (Å²) in [5.41, 5.74) is 0.889. The highest BCUT2D eigenvalue weighted by Crippen LogP contribution is 2.14. The van der Waals surface area contributed by atoms with Crippen molar-refractivity contribution in [3.8, 4) is 0 Å². The van der Waals surface area contributed by atoms with Gasteiger partial charge in [0.05, 0.1) is 5.71 Å². The molecule has 10 heavy (non-hydrogen) atoms. The summed E-state index contributed by atoms with van der Waals surface area (Å²) in [5, 5.41) is 13.2. The Labute approximate surface area is 61.9 Å². The van der Waals surface area contributed by atoms with Crippen LogP contribution in [0.1, 0.15) is 44.9 Å². The first-order chi connectivity index (χ1) is 4.93. The van der Waals surface area contributed by atoms with Crippen molar-refractivity contribution >= 4 is 5.71 Å². The Morgan fingerprint density at radius 1 is 0.900 bits per heavy atom. The molecule has 0 aliphatic heterocycles. The zero-order valence-corrected chi connectivity index (χ0v) is 6.31. The molecule has 0 atom stereocenters. The Balaban J connectivity index is 2.30. The van der Waals surface area contributed by atoms with Gasteiger partial charge in [0, 0.05) is 0 Å². The van der Waals surface area contributed by atoms with Crippen LogP contribution in [-0.2, 0) is 5.21 Å². The van der Waals surface area contributed by atoms with Gasteiger partial charge in [-0.3, -0.25) is 0 Å². The van der Waals surface area contributed by atoms with E-state index in [1.807, 2.05) is 0 Å². The van der Waals surface area contributed by atoms with E-state index in [2.05, 4.69) is 5.16 Å². The maximum Gasteiger partial charge on any atom is 0.0624 e. The second-order valence-electron chi connectivity index (χ2n) is 2.93. The summed E-state index contributed by atoms with van der Waals surface area (Å²) in [4.78, 5) is 0. The molecule has 57 valence electrons. The second-order valence-corrected chi connectivity index (χ2v) is 2.93. The molecule has 1 radical (unpaired) electrons. The average Bonchev–Trinajstić information content (AvgIpc) is 1.87. The summed E-state index contributed by atoms with van der Waals surface area (Å²) in [7, 11) is 0. The molecule has 0 spiro atoms. The lowest BCUT2D eigenvalue weighted by Gasteiger charge is -2.07. The van der Waals surface area contributed by atoms with E-state index in [4.69, 9.17) is 0 Å². The molecule has 1 aliphatic carbocycles. The topological polar surface area (TPSA) is 32.3 Å². The van der Waals surface area contributed by atoms with Crippen LogP contribution in [0.25, 0.3) is 0 Å². The molecular weight excluding hydrogens is 126 g/mol. The highest BCUT2D eigenvalue weighted by Gasteiger charge is 2.04. The summed E-state index contributed by atoms with van der Waals surface area (Å²) in [5.74, 6) is 0. The molecule has 1 fully saturated rings. The van der Waals surface area contributed by atoms with Gasteiger partial charge in [-0.1, -0.05) is 19.3 Å². The maximum absolute atomic E-state index is 10.1. The van der Waals surface area contributed by atoms with Crippen LogP contribution < -0.4 is 0 Å². The Hall–Kier alpha value is -0.530. The molecule has 0 aromatic carbocycles. The van der Waals surface area contributed by atoms with E-state index in [-0.39, 0.29) is 0 Å². The molecule has 0 saturated heterocycles. The van der Waals surface area contributed by atoms with Crippen molar-refractivity contribution in [3.63, 3.8) is 0 Å². The van der Waals surface area contributed by atoms with Gasteiger partial charge in [-0.25, -0.2) is 0 Å². The van der Waals surface area contributed by atoms with E-state index in [9.17, 15) is 5.21 Å². The first kappa shape index (κ1) is 7.58. The fourth-order valence-electron chi connectivity index (χ4n) is 1.40. The highest BCUT2D eigenvalue weighted by molar-refractivity contribution is 5.83. The zero-order valence-electron chi connectivity index (χ0n) is 6.31. The van der Waals surface area contributed by atoms with Crippen molar-refractivity contribution in [2.75, 3.05) is 0 Å². The summed E-state index contributed by atoms with van der Waals surface area (Å²) in [6.07, 6.45) is 8.12. The number of hydrogen-bond donors (Lipinski definition) is 0. The van der Waals surface area contributed by atoms with Crippen LogP contribution in [-0.4, -0.2) is 5.71 Å². The van der Waals surface area contributed by atoms with Gasteiger partial charge in [0.1, 0.15) is 0 Å². The molecule has 1 saturated carbocycles. The fourth-order valence-corrected chi connectivity index (χ4v) is 1.40. The predicted octanol–water partition coefficient (Wildman–Crippen LogP) is 2.52. The summed E-state index contributed by atoms with van der Waals surface area (Å²) in [6, 6.07) is 0. The van der Waals surface area contributed by atoms with E-state index in [1.165, 1.54) is 32.1 Å². The smallest absolute Gasteiger partial charge is 0.0624 e. The van der Waals surface area contributed by atoms with Gasteiger partial charge in [0.2, 0.25) is 0 Å². The highest BCUT2D eigenvalue weighted by atomic mass is 16.4. The fraction of sp³-hybridized carbons (Fsp3) is 0.875. The van der Waals surface area contributed by atoms with Crippen molar-refractivity contribution in [2.24, 2.45) is 5.16 Å². The SMILES string of the molecule is [O]N=C1CCCCCCC1. The van der Waals surface area contributed by atoms with Crippen LogP contribution in [0.3, 0.4) is 0 Å². The Morgan fingerprint density at radius 2 is 1.40 bits per heavy atom. The number of hydrogen-bond acceptors (Lipinski definition) is 1. The van der Waals surface area contributed by atoms with Crippen LogP contribution in [0.4, 0.5) is 0 Å². The molecule has 0 amide bonds. The molecule has 0 bridgehead atoms. The molecule has 0 aromatic heterocycles. The molecule has 1 aliphatic rings. The van der Waals surface area contributed by atoms with Crippen LogP contribution in [0, 0.1) is 0 Å². The van der Waals surface area contributed by atoms with E-state index in [1.54, 1.807) is 0 Å². The average molecular weight is 140 g/mol. The van der Waals surface area contributed by atoms with E-state index < -0.39 is 0 Å². The van der Waals surface area contributed by atoms with Gasteiger partial charge in [-0.2, -0.15) is 0 Å². The number of rotatable bonds is 0. The van der Waals surface area contributed by atoms with E-state index >= 15 is 0 Å². The van der Waals surface area contributed by atoms with Gasteiger partial charge in [-0.15, -0.1) is 5.21 Å². The van der Waals surface area contributed by atoms with Gasteiger partial charge >= 0.3 is 0 Å². The monoisotopic (exact) mass is 140 g/mol. The van der Waals surface area contributed by atoms with Gasteiger partial charge in [0.25, 0.3) is 0 Å². The molecule has 0 unspecified atom stereocenters. The first-order valence-electron chi connectivity index (χ1n) is 4.11. The van der Waals surface area contributed by atoms with Gasteiger partial charge in [-0.05, 0) is 30.8 Å². The van der Waals surface area contributed by atoms with Crippen molar-refractivity contribution in [1.29, 1.82) is 0 Å². The molecule has 0 heterocycles. The second kappa shape index (κ2) is 4.31. The van der Waals surface area contributed by atoms with Crippen molar-refractivity contribution in [3.05, 3.63) is 0 Å². The Bertz CT molecular complexity index is 110. The molecular formula is C8H14NO. The third kappa shape index (κ3) is 2.38. The van der Waals surface area contributed by atoms with Crippen LogP contribution in [0.15, 0.2) is 5.16 Å². The Kier molecular flexibility index (Phi) is 3.27. The third-order valence-electron chi connectivity index (χ3n) is 2.06. The predicted molar refractivity (Wildman–Crippen MR) is 40.4 cm³/mol. The summed E-state index contributed by atoms with van der Waals surface area (Å²) >= 11 is 0. The molecule has 0 aromatic rings.